The van der Waals surface area contributed by atoms with Gasteiger partial charge in [-0.3, -0.25) is 4.68 Å². The Morgan fingerprint density at radius 2 is 1.94 bits per heavy atom. The van der Waals surface area contributed by atoms with Gasteiger partial charge in [-0.2, -0.15) is 5.10 Å². The van der Waals surface area contributed by atoms with E-state index in [0.717, 1.165) is 5.69 Å². The lowest BCUT2D eigenvalue weighted by atomic mass is 9.93. The van der Waals surface area contributed by atoms with Crippen molar-refractivity contribution in [2.24, 2.45) is 7.05 Å². The Morgan fingerprint density at radius 1 is 1.25 bits per heavy atom. The number of aromatic nitrogens is 2. The van der Waals surface area contributed by atoms with E-state index in [9.17, 15) is 0 Å². The average molecular weight is 216 g/mol. The molecule has 1 heterocycles. The van der Waals surface area contributed by atoms with Crippen LogP contribution < -0.4 is 0 Å². The Morgan fingerprint density at radius 3 is 2.56 bits per heavy atom. The average Bonchev–Trinajstić information content (AvgIpc) is 2.57. The van der Waals surface area contributed by atoms with E-state index in [-0.39, 0.29) is 0 Å². The lowest BCUT2D eigenvalue weighted by Gasteiger charge is -2.12. The molecule has 2 aromatic rings. The second-order valence-corrected chi connectivity index (χ2v) is 4.50. The van der Waals surface area contributed by atoms with Crippen LogP contribution in [0.4, 0.5) is 0 Å². The van der Waals surface area contributed by atoms with Gasteiger partial charge in [-0.05, 0) is 43.4 Å². The monoisotopic (exact) mass is 216 g/mol. The van der Waals surface area contributed by atoms with Crippen molar-refractivity contribution in [1.82, 2.24) is 9.78 Å². The van der Waals surface area contributed by atoms with Crippen LogP contribution in [-0.4, -0.2) is 9.78 Å². The molecule has 0 spiro atoms. The topological polar surface area (TPSA) is 17.8 Å². The summed E-state index contributed by atoms with van der Waals surface area (Å²) in [4.78, 5) is 0. The molecule has 2 heteroatoms. The van der Waals surface area contributed by atoms with Gasteiger partial charge in [-0.15, -0.1) is 0 Å². The fourth-order valence-electron chi connectivity index (χ4n) is 2.47. The van der Waals surface area contributed by atoms with Crippen LogP contribution in [0.15, 0.2) is 18.2 Å². The second-order valence-electron chi connectivity index (χ2n) is 4.50. The summed E-state index contributed by atoms with van der Waals surface area (Å²) >= 11 is 0. The summed E-state index contributed by atoms with van der Waals surface area (Å²) in [6.07, 6.45) is 2.42. The molecule has 0 bridgehead atoms. The van der Waals surface area contributed by atoms with E-state index in [1.807, 2.05) is 11.7 Å². The zero-order valence-electron chi connectivity index (χ0n) is 10.6. The fourth-order valence-corrected chi connectivity index (χ4v) is 2.47. The van der Waals surface area contributed by atoms with E-state index in [1.165, 1.54) is 29.3 Å². The van der Waals surface area contributed by atoms with Crippen molar-refractivity contribution >= 4 is 10.9 Å². The molecule has 2 nitrogen and oxygen atoms in total. The van der Waals surface area contributed by atoms with Crippen LogP contribution >= 0.6 is 0 Å². The Balaban J connectivity index is 2.55. The van der Waals surface area contributed by atoms with Crippen molar-refractivity contribution in [2.45, 2.75) is 39.5 Å². The molecule has 1 aromatic carbocycles. The van der Waals surface area contributed by atoms with E-state index in [2.05, 4.69) is 44.1 Å². The molecule has 0 unspecified atom stereocenters. The number of hydrogen-bond donors (Lipinski definition) is 0. The molecule has 0 fully saturated rings. The lowest BCUT2D eigenvalue weighted by molar-refractivity contribution is 0.642. The quantitative estimate of drug-likeness (QED) is 0.763. The normalized spacial score (nSPS) is 11.6. The van der Waals surface area contributed by atoms with Crippen molar-refractivity contribution < 1.29 is 0 Å². The molecular formula is C14H20N2. The van der Waals surface area contributed by atoms with Gasteiger partial charge in [0.05, 0.1) is 11.2 Å². The predicted molar refractivity (Wildman–Crippen MR) is 68.8 cm³/mol. The maximum absolute atomic E-state index is 4.46. The molecule has 2 rings (SSSR count). The van der Waals surface area contributed by atoms with Gasteiger partial charge in [0.2, 0.25) is 0 Å². The molecule has 86 valence electrons. The number of fused-ring (bicyclic) bond motifs is 1. The lowest BCUT2D eigenvalue weighted by Crippen LogP contribution is -1.95. The first-order valence-corrected chi connectivity index (χ1v) is 6.10. The molecular weight excluding hydrogens is 196 g/mol. The van der Waals surface area contributed by atoms with Crippen LogP contribution in [0.3, 0.4) is 0 Å². The maximum atomic E-state index is 4.46. The van der Waals surface area contributed by atoms with Crippen molar-refractivity contribution in [1.29, 1.82) is 0 Å². The molecule has 16 heavy (non-hydrogen) atoms. The van der Waals surface area contributed by atoms with E-state index >= 15 is 0 Å². The Kier molecular flexibility index (Phi) is 2.99. The fraction of sp³-hybridized carbons (Fsp3) is 0.500. The number of rotatable bonds is 3. The highest BCUT2D eigenvalue weighted by Crippen LogP contribution is 2.27. The Bertz CT molecular complexity index is 493. The van der Waals surface area contributed by atoms with Gasteiger partial charge in [0.25, 0.3) is 0 Å². The van der Waals surface area contributed by atoms with Crippen molar-refractivity contribution in [3.05, 3.63) is 29.5 Å². The van der Waals surface area contributed by atoms with Crippen LogP contribution in [0, 0.1) is 6.92 Å². The van der Waals surface area contributed by atoms with E-state index in [1.54, 1.807) is 0 Å². The Labute approximate surface area is 97.3 Å². The first kappa shape index (κ1) is 11.2. The van der Waals surface area contributed by atoms with Gasteiger partial charge < -0.3 is 0 Å². The highest BCUT2D eigenvalue weighted by molar-refractivity contribution is 5.82. The third kappa shape index (κ3) is 1.73. The molecule has 0 aliphatic heterocycles. The number of aryl methyl sites for hydroxylation is 2. The van der Waals surface area contributed by atoms with E-state index in [0.29, 0.717) is 5.92 Å². The summed E-state index contributed by atoms with van der Waals surface area (Å²) in [6, 6.07) is 6.76. The maximum Gasteiger partial charge on any atom is 0.0682 e. The molecule has 1 aromatic heterocycles. The zero-order valence-corrected chi connectivity index (χ0v) is 10.6. The van der Waals surface area contributed by atoms with Crippen LogP contribution in [0.2, 0.25) is 0 Å². The Hall–Kier alpha value is -1.31. The number of benzene rings is 1. The van der Waals surface area contributed by atoms with Crippen LogP contribution in [0.5, 0.6) is 0 Å². The highest BCUT2D eigenvalue weighted by atomic mass is 15.3. The summed E-state index contributed by atoms with van der Waals surface area (Å²) in [5.74, 6) is 0.684. The molecule has 0 radical (unpaired) electrons. The summed E-state index contributed by atoms with van der Waals surface area (Å²) in [5, 5.41) is 5.76. The summed E-state index contributed by atoms with van der Waals surface area (Å²) in [6.45, 7) is 6.60. The van der Waals surface area contributed by atoms with Crippen molar-refractivity contribution in [3.8, 4) is 0 Å². The van der Waals surface area contributed by atoms with Crippen LogP contribution in [0.25, 0.3) is 10.9 Å². The van der Waals surface area contributed by atoms with Gasteiger partial charge in [0, 0.05) is 12.4 Å². The van der Waals surface area contributed by atoms with Gasteiger partial charge in [0.1, 0.15) is 0 Å². The molecule has 0 saturated carbocycles. The number of nitrogens with zero attached hydrogens (tertiary/aromatic N) is 2. The first-order valence-electron chi connectivity index (χ1n) is 6.10. The smallest absolute Gasteiger partial charge is 0.0682 e. The SMILES string of the molecule is CCC(CC)c1ccc2c(c1)c(C)nn2C. The molecule has 0 amide bonds. The molecule has 0 saturated heterocycles. The summed E-state index contributed by atoms with van der Waals surface area (Å²) in [5.41, 5.74) is 3.81. The molecule has 0 N–H and O–H groups in total. The molecule has 0 aliphatic carbocycles. The highest BCUT2D eigenvalue weighted by Gasteiger charge is 2.10. The minimum atomic E-state index is 0.684. The summed E-state index contributed by atoms with van der Waals surface area (Å²) in [7, 11) is 2.01. The third-order valence-corrected chi connectivity index (χ3v) is 3.52. The first-order chi connectivity index (χ1) is 7.67. The molecule has 0 atom stereocenters. The third-order valence-electron chi connectivity index (χ3n) is 3.52. The molecule has 0 aliphatic rings. The van der Waals surface area contributed by atoms with Gasteiger partial charge in [-0.25, -0.2) is 0 Å². The zero-order chi connectivity index (χ0) is 11.7. The van der Waals surface area contributed by atoms with Gasteiger partial charge in [0.15, 0.2) is 0 Å². The predicted octanol–water partition coefficient (Wildman–Crippen LogP) is 3.79. The van der Waals surface area contributed by atoms with Crippen LogP contribution in [0.1, 0.15) is 43.9 Å². The standard InChI is InChI=1S/C14H20N2/c1-5-11(6-2)12-7-8-14-13(9-12)10(3)15-16(14)4/h7-9,11H,5-6H2,1-4H3. The minimum Gasteiger partial charge on any atom is -0.268 e. The van der Waals surface area contributed by atoms with E-state index < -0.39 is 0 Å². The number of hydrogen-bond acceptors (Lipinski definition) is 1. The minimum absolute atomic E-state index is 0.684. The largest absolute Gasteiger partial charge is 0.268 e. The van der Waals surface area contributed by atoms with Crippen LogP contribution in [-0.2, 0) is 7.05 Å². The van der Waals surface area contributed by atoms with Gasteiger partial charge >= 0.3 is 0 Å². The van der Waals surface area contributed by atoms with Gasteiger partial charge in [-0.1, -0.05) is 19.9 Å². The van der Waals surface area contributed by atoms with Crippen molar-refractivity contribution in [2.75, 3.05) is 0 Å². The van der Waals surface area contributed by atoms with E-state index in [4.69, 9.17) is 0 Å². The second kappa shape index (κ2) is 4.28. The summed E-state index contributed by atoms with van der Waals surface area (Å²) < 4.78 is 1.96. The van der Waals surface area contributed by atoms with Crippen molar-refractivity contribution in [3.63, 3.8) is 0 Å².